The highest BCUT2D eigenvalue weighted by molar-refractivity contribution is 7.78. The smallest absolute Gasteiger partial charge is 0.253 e. The van der Waals surface area contributed by atoms with Crippen LogP contribution in [0, 0.1) is 0 Å². The van der Waals surface area contributed by atoms with Crippen molar-refractivity contribution in [1.82, 2.24) is 4.72 Å². The van der Waals surface area contributed by atoms with Gasteiger partial charge in [0.05, 0.1) is 6.26 Å². The monoisotopic (exact) mass is 169 g/mol. The predicted octanol–water partition coefficient (Wildman–Crippen LogP) is 1.25. The molecule has 1 N–H and O–H groups in total. The van der Waals surface area contributed by atoms with Gasteiger partial charge in [-0.1, -0.05) is 12.8 Å². The summed E-state index contributed by atoms with van der Waals surface area (Å²) >= 11 is 3.57. The molecule has 1 heterocycles. The Hall–Kier alpha value is -1.16. The Morgan fingerprint density at radius 2 is 2.55 bits per heavy atom. The Morgan fingerprint density at radius 1 is 1.73 bits per heavy atom. The number of amides is 1. The Morgan fingerprint density at radius 3 is 3.09 bits per heavy atom. The van der Waals surface area contributed by atoms with Gasteiger partial charge >= 0.3 is 0 Å². The van der Waals surface area contributed by atoms with Crippen LogP contribution in [0.1, 0.15) is 5.76 Å². The molecule has 1 aromatic heterocycles. The maximum absolute atomic E-state index is 10.6. The molecular weight excluding hydrogens is 162 g/mol. The van der Waals surface area contributed by atoms with E-state index in [4.69, 9.17) is 4.42 Å². The van der Waals surface area contributed by atoms with Crippen LogP contribution in [0.15, 0.2) is 28.9 Å². The Labute approximate surface area is 69.6 Å². The van der Waals surface area contributed by atoms with Crippen molar-refractivity contribution in [2.45, 2.75) is 0 Å². The minimum Gasteiger partial charge on any atom is -0.465 e. The summed E-state index contributed by atoms with van der Waals surface area (Å²) in [6.07, 6.45) is 4.44. The Kier molecular flexibility index (Phi) is 2.80. The highest BCUT2D eigenvalue weighted by atomic mass is 32.1. The third kappa shape index (κ3) is 2.51. The lowest BCUT2D eigenvalue weighted by atomic mass is 10.4. The van der Waals surface area contributed by atoms with E-state index in [1.165, 1.54) is 12.3 Å². The molecule has 0 saturated heterocycles. The lowest BCUT2D eigenvalue weighted by Gasteiger charge is -1.86. The molecule has 11 heavy (non-hydrogen) atoms. The molecule has 4 heteroatoms. The van der Waals surface area contributed by atoms with Crippen molar-refractivity contribution < 1.29 is 9.21 Å². The lowest BCUT2D eigenvalue weighted by Crippen LogP contribution is -2.07. The van der Waals surface area contributed by atoms with Crippen LogP contribution in [0.4, 0.5) is 0 Å². The summed E-state index contributed by atoms with van der Waals surface area (Å²) in [4.78, 5) is 10.6. The minimum atomic E-state index is -0.273. The van der Waals surface area contributed by atoms with Crippen LogP contribution in [-0.2, 0) is 4.79 Å². The van der Waals surface area contributed by atoms with Crippen LogP contribution < -0.4 is 4.72 Å². The molecule has 0 aromatic carbocycles. The normalized spacial score (nSPS) is 10.3. The van der Waals surface area contributed by atoms with Crippen LogP contribution in [0.5, 0.6) is 0 Å². The van der Waals surface area contributed by atoms with E-state index >= 15 is 0 Å². The Balaban J connectivity index is 2.55. The number of nitrogens with one attached hydrogen (secondary N) is 1. The van der Waals surface area contributed by atoms with Crippen molar-refractivity contribution in [2.24, 2.45) is 0 Å². The first-order valence-electron chi connectivity index (χ1n) is 2.98. The zero-order valence-corrected chi connectivity index (χ0v) is 6.54. The molecule has 0 aliphatic rings. The number of rotatable bonds is 2. The van der Waals surface area contributed by atoms with Crippen LogP contribution in [0.2, 0.25) is 0 Å². The molecule has 0 atom stereocenters. The van der Waals surface area contributed by atoms with Gasteiger partial charge in [-0.2, -0.15) is 0 Å². The molecule has 0 saturated carbocycles. The van der Waals surface area contributed by atoms with Crippen LogP contribution in [0.25, 0.3) is 6.08 Å². The van der Waals surface area contributed by atoms with E-state index in [2.05, 4.69) is 17.5 Å². The van der Waals surface area contributed by atoms with Gasteiger partial charge in [-0.15, -0.1) is 0 Å². The molecule has 1 rings (SSSR count). The van der Waals surface area contributed by atoms with Gasteiger partial charge in [0.25, 0.3) is 5.91 Å². The summed E-state index contributed by atoms with van der Waals surface area (Å²) in [5, 5.41) is 0. The van der Waals surface area contributed by atoms with Crippen LogP contribution in [0.3, 0.4) is 0 Å². The standard InChI is InChI=1S/C7H7NO2S/c9-7(8-11)4-3-6-2-1-5-10-6/h1-5,11H,(H,8,9)/b4-3+. The van der Waals surface area contributed by atoms with Gasteiger partial charge in [-0.05, 0) is 18.2 Å². The summed E-state index contributed by atoms with van der Waals surface area (Å²) in [7, 11) is 0. The molecule has 0 bridgehead atoms. The van der Waals surface area contributed by atoms with Crippen molar-refractivity contribution >= 4 is 24.8 Å². The van der Waals surface area contributed by atoms with Crippen molar-refractivity contribution in [3.05, 3.63) is 30.2 Å². The SMILES string of the molecule is O=C(/C=C/c1ccco1)NS. The molecule has 0 radical (unpaired) electrons. The molecule has 0 aliphatic carbocycles. The predicted molar refractivity (Wildman–Crippen MR) is 44.9 cm³/mol. The van der Waals surface area contributed by atoms with Crippen molar-refractivity contribution in [3.63, 3.8) is 0 Å². The average Bonchev–Trinajstić information content (AvgIpc) is 2.52. The van der Waals surface area contributed by atoms with Gasteiger partial charge in [0, 0.05) is 6.08 Å². The zero-order valence-electron chi connectivity index (χ0n) is 5.65. The van der Waals surface area contributed by atoms with E-state index in [0.29, 0.717) is 5.76 Å². The number of carbonyl (C=O) groups excluding carboxylic acids is 1. The summed E-state index contributed by atoms with van der Waals surface area (Å²) in [5.74, 6) is 0.367. The van der Waals surface area contributed by atoms with Crippen LogP contribution in [-0.4, -0.2) is 5.91 Å². The van der Waals surface area contributed by atoms with E-state index in [0.717, 1.165) is 0 Å². The van der Waals surface area contributed by atoms with Crippen molar-refractivity contribution in [1.29, 1.82) is 0 Å². The summed E-state index contributed by atoms with van der Waals surface area (Å²) in [6.45, 7) is 0. The van der Waals surface area contributed by atoms with Crippen molar-refractivity contribution in [2.75, 3.05) is 0 Å². The zero-order chi connectivity index (χ0) is 8.10. The van der Waals surface area contributed by atoms with Crippen molar-refractivity contribution in [3.8, 4) is 0 Å². The minimum absolute atomic E-state index is 0.273. The number of hydrogen-bond acceptors (Lipinski definition) is 3. The van der Waals surface area contributed by atoms with Gasteiger partial charge in [-0.25, -0.2) is 0 Å². The second-order valence-electron chi connectivity index (χ2n) is 1.82. The number of hydrogen-bond donors (Lipinski definition) is 2. The summed E-state index contributed by atoms with van der Waals surface area (Å²) < 4.78 is 7.09. The molecular formula is C7H7NO2S. The third-order valence-electron chi connectivity index (χ3n) is 1.05. The second kappa shape index (κ2) is 3.88. The topological polar surface area (TPSA) is 42.2 Å². The van der Waals surface area contributed by atoms with Gasteiger partial charge < -0.3 is 4.42 Å². The molecule has 58 valence electrons. The largest absolute Gasteiger partial charge is 0.465 e. The maximum atomic E-state index is 10.6. The fourth-order valence-electron chi connectivity index (χ4n) is 0.581. The van der Waals surface area contributed by atoms with Crippen LogP contribution >= 0.6 is 12.8 Å². The van der Waals surface area contributed by atoms with Gasteiger partial charge in [0.15, 0.2) is 0 Å². The van der Waals surface area contributed by atoms with E-state index in [9.17, 15) is 4.79 Å². The molecule has 1 aromatic rings. The molecule has 0 unspecified atom stereocenters. The highest BCUT2D eigenvalue weighted by Crippen LogP contribution is 2.01. The maximum Gasteiger partial charge on any atom is 0.253 e. The third-order valence-corrected chi connectivity index (χ3v) is 1.27. The molecule has 0 spiro atoms. The molecule has 3 nitrogen and oxygen atoms in total. The fraction of sp³-hybridized carbons (Fsp3) is 0. The lowest BCUT2D eigenvalue weighted by molar-refractivity contribution is -0.114. The first-order chi connectivity index (χ1) is 5.33. The molecule has 1 amide bonds. The summed E-state index contributed by atoms with van der Waals surface area (Å²) in [6, 6.07) is 3.50. The van der Waals surface area contributed by atoms with E-state index in [1.807, 2.05) is 0 Å². The van der Waals surface area contributed by atoms with E-state index in [1.54, 1.807) is 18.2 Å². The molecule has 0 aliphatic heterocycles. The van der Waals surface area contributed by atoms with Gasteiger partial charge in [0.2, 0.25) is 0 Å². The summed E-state index contributed by atoms with van der Waals surface area (Å²) in [5.41, 5.74) is 0. The Bertz CT molecular complexity index is 253. The number of carbonyl (C=O) groups is 1. The van der Waals surface area contributed by atoms with Gasteiger partial charge in [0.1, 0.15) is 5.76 Å². The highest BCUT2D eigenvalue weighted by Gasteiger charge is 1.90. The van der Waals surface area contributed by atoms with E-state index in [-0.39, 0.29) is 5.91 Å². The fourth-order valence-corrected chi connectivity index (χ4v) is 0.656. The average molecular weight is 169 g/mol. The first-order valence-corrected chi connectivity index (χ1v) is 3.43. The first kappa shape index (κ1) is 7.94. The molecule has 0 fully saturated rings. The van der Waals surface area contributed by atoms with Gasteiger partial charge in [-0.3, -0.25) is 9.52 Å². The quantitative estimate of drug-likeness (QED) is 0.517. The number of furan rings is 1. The number of thiol groups is 1. The van der Waals surface area contributed by atoms with E-state index < -0.39 is 0 Å². The second-order valence-corrected chi connectivity index (χ2v) is 2.05.